The zero-order chi connectivity index (χ0) is 12.7. The first-order valence-electron chi connectivity index (χ1n) is 5.90. The van der Waals surface area contributed by atoms with E-state index in [4.69, 9.17) is 9.84 Å². The highest BCUT2D eigenvalue weighted by molar-refractivity contribution is 5.39. The van der Waals surface area contributed by atoms with Crippen LogP contribution in [0.4, 0.5) is 5.82 Å². The summed E-state index contributed by atoms with van der Waals surface area (Å²) in [5.41, 5.74) is 1.02. The number of aliphatic hydroxyl groups is 1. The fourth-order valence-electron chi connectivity index (χ4n) is 1.62. The molecule has 5 heteroatoms. The summed E-state index contributed by atoms with van der Waals surface area (Å²) >= 11 is 0. The van der Waals surface area contributed by atoms with Gasteiger partial charge in [-0.05, 0) is 13.3 Å². The Kier molecular flexibility index (Phi) is 5.86. The van der Waals surface area contributed by atoms with E-state index >= 15 is 0 Å². The second-order valence-electron chi connectivity index (χ2n) is 3.82. The van der Waals surface area contributed by atoms with Crippen LogP contribution in [0.5, 0.6) is 0 Å². The molecule has 0 atom stereocenters. The Bertz CT molecular complexity index is 345. The van der Waals surface area contributed by atoms with Crippen LogP contribution >= 0.6 is 0 Å². The minimum atomic E-state index is 0.105. The molecule has 0 saturated carbocycles. The first kappa shape index (κ1) is 13.9. The molecule has 1 aromatic rings. The molecule has 0 fully saturated rings. The Morgan fingerprint density at radius 2 is 2.12 bits per heavy atom. The highest BCUT2D eigenvalue weighted by Crippen LogP contribution is 2.12. The van der Waals surface area contributed by atoms with Crippen molar-refractivity contribution in [2.24, 2.45) is 0 Å². The van der Waals surface area contributed by atoms with E-state index in [1.807, 2.05) is 17.9 Å². The number of rotatable bonds is 7. The van der Waals surface area contributed by atoms with Crippen LogP contribution < -0.4 is 4.90 Å². The number of aliphatic hydroxyl groups excluding tert-OH is 1. The molecule has 0 unspecified atom stereocenters. The molecule has 5 nitrogen and oxygen atoms in total. The molecule has 1 aromatic heterocycles. The van der Waals surface area contributed by atoms with Gasteiger partial charge in [0.25, 0.3) is 0 Å². The topological polar surface area (TPSA) is 58.5 Å². The summed E-state index contributed by atoms with van der Waals surface area (Å²) in [7, 11) is 1.67. The Hall–Kier alpha value is -1.20. The van der Waals surface area contributed by atoms with Gasteiger partial charge in [-0.1, -0.05) is 6.92 Å². The van der Waals surface area contributed by atoms with E-state index in [-0.39, 0.29) is 6.61 Å². The van der Waals surface area contributed by atoms with Gasteiger partial charge in [-0.25, -0.2) is 9.97 Å². The zero-order valence-corrected chi connectivity index (χ0v) is 10.8. The van der Waals surface area contributed by atoms with Crippen LogP contribution in [0.3, 0.4) is 0 Å². The first-order chi connectivity index (χ1) is 8.21. The van der Waals surface area contributed by atoms with Gasteiger partial charge in [-0.15, -0.1) is 0 Å². The summed E-state index contributed by atoms with van der Waals surface area (Å²) in [6, 6.07) is 1.97. The SMILES string of the molecule is CCc1cc(N(CCO)CCOC)nc(C)n1. The van der Waals surface area contributed by atoms with Crippen molar-refractivity contribution in [3.63, 3.8) is 0 Å². The standard InChI is InChI=1S/C12H21N3O2/c1-4-11-9-12(14-10(2)13-11)15(5-7-16)6-8-17-3/h9,16H,4-8H2,1-3H3. The number of nitrogens with zero attached hydrogens (tertiary/aromatic N) is 3. The summed E-state index contributed by atoms with van der Waals surface area (Å²) in [6.07, 6.45) is 0.883. The minimum absolute atomic E-state index is 0.105. The predicted molar refractivity (Wildman–Crippen MR) is 67.3 cm³/mol. The predicted octanol–water partition coefficient (Wildman–Crippen LogP) is 0.793. The quantitative estimate of drug-likeness (QED) is 0.762. The third kappa shape index (κ3) is 4.28. The van der Waals surface area contributed by atoms with Gasteiger partial charge in [0.1, 0.15) is 11.6 Å². The van der Waals surface area contributed by atoms with Crippen LogP contribution in [0.1, 0.15) is 18.4 Å². The van der Waals surface area contributed by atoms with E-state index < -0.39 is 0 Å². The summed E-state index contributed by atoms with van der Waals surface area (Å²) in [6.45, 7) is 5.95. The number of hydrogen-bond donors (Lipinski definition) is 1. The number of aryl methyl sites for hydroxylation is 2. The van der Waals surface area contributed by atoms with Gasteiger partial charge in [0.15, 0.2) is 0 Å². The fourth-order valence-corrected chi connectivity index (χ4v) is 1.62. The van der Waals surface area contributed by atoms with Crippen molar-refractivity contribution in [1.82, 2.24) is 9.97 Å². The third-order valence-corrected chi connectivity index (χ3v) is 2.50. The van der Waals surface area contributed by atoms with Crippen molar-refractivity contribution < 1.29 is 9.84 Å². The molecular formula is C12H21N3O2. The van der Waals surface area contributed by atoms with Gasteiger partial charge < -0.3 is 14.7 Å². The Morgan fingerprint density at radius 3 is 2.71 bits per heavy atom. The molecule has 1 heterocycles. The average molecular weight is 239 g/mol. The lowest BCUT2D eigenvalue weighted by atomic mass is 10.3. The molecule has 0 amide bonds. The Balaban J connectivity index is 2.87. The molecule has 1 rings (SSSR count). The summed E-state index contributed by atoms with van der Waals surface area (Å²) < 4.78 is 5.06. The molecule has 0 aliphatic carbocycles. The van der Waals surface area contributed by atoms with Crippen molar-refractivity contribution in [2.45, 2.75) is 20.3 Å². The lowest BCUT2D eigenvalue weighted by Crippen LogP contribution is -2.31. The number of ether oxygens (including phenoxy) is 1. The van der Waals surface area contributed by atoms with Gasteiger partial charge in [-0.2, -0.15) is 0 Å². The largest absolute Gasteiger partial charge is 0.395 e. The van der Waals surface area contributed by atoms with E-state index in [0.29, 0.717) is 13.2 Å². The number of methoxy groups -OCH3 is 1. The fraction of sp³-hybridized carbons (Fsp3) is 0.667. The molecule has 0 radical (unpaired) electrons. The molecule has 0 aliphatic heterocycles. The average Bonchev–Trinajstić information content (AvgIpc) is 2.33. The Morgan fingerprint density at radius 1 is 1.35 bits per heavy atom. The van der Waals surface area contributed by atoms with Gasteiger partial charge in [0.05, 0.1) is 13.2 Å². The first-order valence-corrected chi connectivity index (χ1v) is 5.90. The maximum absolute atomic E-state index is 9.07. The summed E-state index contributed by atoms with van der Waals surface area (Å²) in [4.78, 5) is 10.8. The van der Waals surface area contributed by atoms with Crippen LogP contribution in [-0.2, 0) is 11.2 Å². The van der Waals surface area contributed by atoms with E-state index in [1.165, 1.54) is 0 Å². The molecule has 96 valence electrons. The zero-order valence-electron chi connectivity index (χ0n) is 10.8. The molecule has 0 aliphatic rings. The summed E-state index contributed by atoms with van der Waals surface area (Å²) in [5.74, 6) is 1.63. The van der Waals surface area contributed by atoms with Gasteiger partial charge in [0, 0.05) is 32.0 Å². The van der Waals surface area contributed by atoms with Gasteiger partial charge in [-0.3, -0.25) is 0 Å². The maximum Gasteiger partial charge on any atom is 0.132 e. The highest BCUT2D eigenvalue weighted by atomic mass is 16.5. The van der Waals surface area contributed by atoms with Crippen molar-refractivity contribution >= 4 is 5.82 Å². The molecule has 0 bridgehead atoms. The van der Waals surface area contributed by atoms with Crippen molar-refractivity contribution in [2.75, 3.05) is 38.3 Å². The normalized spacial score (nSPS) is 10.6. The van der Waals surface area contributed by atoms with Crippen LogP contribution in [0, 0.1) is 6.92 Å². The van der Waals surface area contributed by atoms with E-state index in [9.17, 15) is 0 Å². The lowest BCUT2D eigenvalue weighted by Gasteiger charge is -2.23. The summed E-state index contributed by atoms with van der Waals surface area (Å²) in [5, 5.41) is 9.07. The van der Waals surface area contributed by atoms with Crippen molar-refractivity contribution in [3.05, 3.63) is 17.6 Å². The molecule has 0 saturated heterocycles. The number of anilines is 1. The van der Waals surface area contributed by atoms with Crippen molar-refractivity contribution in [3.8, 4) is 0 Å². The van der Waals surface area contributed by atoms with Crippen LogP contribution in [0.2, 0.25) is 0 Å². The van der Waals surface area contributed by atoms with E-state index in [2.05, 4.69) is 16.9 Å². The van der Waals surface area contributed by atoms with Crippen molar-refractivity contribution in [1.29, 1.82) is 0 Å². The second kappa shape index (κ2) is 7.19. The smallest absolute Gasteiger partial charge is 0.132 e. The molecule has 0 aromatic carbocycles. The van der Waals surface area contributed by atoms with E-state index in [1.54, 1.807) is 7.11 Å². The second-order valence-corrected chi connectivity index (χ2v) is 3.82. The molecule has 17 heavy (non-hydrogen) atoms. The van der Waals surface area contributed by atoms with Crippen LogP contribution in [0.25, 0.3) is 0 Å². The van der Waals surface area contributed by atoms with Gasteiger partial charge in [0.2, 0.25) is 0 Å². The van der Waals surface area contributed by atoms with E-state index in [0.717, 1.165) is 30.3 Å². The monoisotopic (exact) mass is 239 g/mol. The molecule has 0 spiro atoms. The van der Waals surface area contributed by atoms with Crippen LogP contribution in [-0.4, -0.2) is 48.5 Å². The van der Waals surface area contributed by atoms with Crippen LogP contribution in [0.15, 0.2) is 6.07 Å². The maximum atomic E-state index is 9.07. The third-order valence-electron chi connectivity index (χ3n) is 2.50. The minimum Gasteiger partial charge on any atom is -0.395 e. The molecule has 1 N–H and O–H groups in total. The lowest BCUT2D eigenvalue weighted by molar-refractivity contribution is 0.202. The highest BCUT2D eigenvalue weighted by Gasteiger charge is 2.09. The number of hydrogen-bond acceptors (Lipinski definition) is 5. The van der Waals surface area contributed by atoms with Gasteiger partial charge >= 0.3 is 0 Å². The molecular weight excluding hydrogens is 218 g/mol. The number of aromatic nitrogens is 2. The Labute approximate surface area is 102 Å².